The first kappa shape index (κ1) is 30.0. The van der Waals surface area contributed by atoms with Crippen molar-refractivity contribution in [1.29, 1.82) is 0 Å². The Morgan fingerprint density at radius 3 is 2.68 bits per heavy atom. The summed E-state index contributed by atoms with van der Waals surface area (Å²) in [7, 11) is -3.89. The van der Waals surface area contributed by atoms with E-state index in [-0.39, 0.29) is 29.6 Å². The number of anilines is 1. The smallest absolute Gasteiger partial charge is 0.370 e. The molecule has 10 nitrogen and oxygen atoms in total. The van der Waals surface area contributed by atoms with E-state index in [1.54, 1.807) is 25.3 Å². The third-order valence-corrected chi connectivity index (χ3v) is 10.5. The van der Waals surface area contributed by atoms with Crippen molar-refractivity contribution in [1.82, 2.24) is 23.9 Å². The number of hydrogen-bond acceptors (Lipinski definition) is 7. The zero-order valence-electron chi connectivity index (χ0n) is 24.3. The van der Waals surface area contributed by atoms with E-state index >= 15 is 0 Å². The number of primary amides is 1. The zero-order chi connectivity index (χ0) is 31.4. The number of pyridine rings is 2. The summed E-state index contributed by atoms with van der Waals surface area (Å²) in [5, 5.41) is 7.12. The van der Waals surface area contributed by atoms with Crippen molar-refractivity contribution >= 4 is 27.4 Å². The SMILES string of the molecule is Cc1ccc([C@H](CC(N)=O)c2ccn3c(C(F)(F)F)nnc3c2C)cc1CN1C[C@@H]2CCCCN2c2ncccc2S1(=O)=O. The van der Waals surface area contributed by atoms with E-state index in [1.165, 1.54) is 16.6 Å². The third-order valence-electron chi connectivity index (χ3n) is 8.71. The lowest BCUT2D eigenvalue weighted by Crippen LogP contribution is -2.45. The number of sulfonamides is 1. The van der Waals surface area contributed by atoms with Gasteiger partial charge in [-0.25, -0.2) is 13.4 Å². The number of rotatable bonds is 6. The number of amides is 1. The maximum atomic E-state index is 14.0. The van der Waals surface area contributed by atoms with Crippen molar-refractivity contribution in [3.8, 4) is 0 Å². The number of alkyl halides is 3. The summed E-state index contributed by atoms with van der Waals surface area (Å²) >= 11 is 0. The molecular formula is C30H32F3N7O3S. The summed E-state index contributed by atoms with van der Waals surface area (Å²) in [4.78, 5) is 19.0. The Kier molecular flexibility index (Phi) is 7.60. The zero-order valence-corrected chi connectivity index (χ0v) is 25.1. The van der Waals surface area contributed by atoms with Crippen LogP contribution in [0.5, 0.6) is 0 Å². The van der Waals surface area contributed by atoms with E-state index in [0.29, 0.717) is 29.1 Å². The van der Waals surface area contributed by atoms with Crippen LogP contribution < -0.4 is 10.6 Å². The maximum Gasteiger partial charge on any atom is 0.452 e. The molecule has 232 valence electrons. The van der Waals surface area contributed by atoms with Gasteiger partial charge in [0.05, 0.1) is 0 Å². The molecule has 2 atom stereocenters. The van der Waals surface area contributed by atoms with Gasteiger partial charge in [-0.1, -0.05) is 18.2 Å². The topological polar surface area (TPSA) is 127 Å². The first-order valence-corrected chi connectivity index (χ1v) is 15.8. The average Bonchev–Trinajstić information content (AvgIpc) is 3.40. The van der Waals surface area contributed by atoms with E-state index in [2.05, 4.69) is 20.1 Å². The van der Waals surface area contributed by atoms with Crippen molar-refractivity contribution in [3.05, 3.63) is 82.4 Å². The molecule has 0 saturated carbocycles. The summed E-state index contributed by atoms with van der Waals surface area (Å²) in [6.45, 7) is 4.66. The van der Waals surface area contributed by atoms with E-state index in [4.69, 9.17) is 5.73 Å². The first-order valence-electron chi connectivity index (χ1n) is 14.4. The van der Waals surface area contributed by atoms with E-state index in [1.807, 2.05) is 25.1 Å². The number of aryl methyl sites for hydroxylation is 2. The monoisotopic (exact) mass is 627 g/mol. The fourth-order valence-electron chi connectivity index (χ4n) is 6.44. The standard InChI is InChI=1S/C30H32F3N7O3S/c1-18-8-9-20(24(15-26(34)41)23-10-13-40-27(19(23)2)36-37-29(40)30(31,32)33)14-21(18)16-38-17-22-6-3-4-12-39(22)28-25(44(38,42)43)7-5-11-35-28/h5,7-11,13-14,22,24H,3-4,6,12,15-17H2,1-2H3,(H2,34,41)/t22-,24-/m0/s1. The lowest BCUT2D eigenvalue weighted by Gasteiger charge is -2.36. The number of benzene rings is 1. The molecule has 2 aliphatic heterocycles. The molecule has 1 saturated heterocycles. The molecular weight excluding hydrogens is 595 g/mol. The Hall–Kier alpha value is -4.04. The average molecular weight is 628 g/mol. The van der Waals surface area contributed by atoms with Crippen LogP contribution in [0.4, 0.5) is 19.0 Å². The van der Waals surface area contributed by atoms with Crippen molar-refractivity contribution in [2.75, 3.05) is 18.0 Å². The molecule has 1 fully saturated rings. The second kappa shape index (κ2) is 11.1. The summed E-state index contributed by atoms with van der Waals surface area (Å²) < 4.78 is 70.8. The molecule has 6 rings (SSSR count). The lowest BCUT2D eigenvalue weighted by atomic mass is 9.85. The predicted octanol–water partition coefficient (Wildman–Crippen LogP) is 4.33. The number of halogens is 3. The van der Waals surface area contributed by atoms with Gasteiger partial charge >= 0.3 is 6.18 Å². The minimum atomic E-state index is -4.69. The normalized spacial score (nSPS) is 19.3. The van der Waals surface area contributed by atoms with Crippen LogP contribution in [0.15, 0.2) is 53.7 Å². The summed E-state index contributed by atoms with van der Waals surface area (Å²) in [5.41, 5.74) is 8.97. The molecule has 1 aromatic carbocycles. The fraction of sp³-hybridized carbons (Fsp3) is 0.400. The summed E-state index contributed by atoms with van der Waals surface area (Å²) in [6.07, 6.45) is 0.873. The number of fused-ring (bicyclic) bond motifs is 4. The molecule has 1 amide bonds. The number of hydrogen-bond donors (Lipinski definition) is 1. The van der Waals surface area contributed by atoms with Crippen molar-refractivity contribution < 1.29 is 26.4 Å². The quantitative estimate of drug-likeness (QED) is 0.337. The molecule has 0 unspecified atom stereocenters. The highest BCUT2D eigenvalue weighted by Crippen LogP contribution is 2.38. The Morgan fingerprint density at radius 2 is 1.93 bits per heavy atom. The van der Waals surface area contributed by atoms with Gasteiger partial charge in [-0.2, -0.15) is 17.5 Å². The van der Waals surface area contributed by atoms with Gasteiger partial charge in [-0.3, -0.25) is 9.20 Å². The largest absolute Gasteiger partial charge is 0.452 e. The number of nitrogens with zero attached hydrogens (tertiary/aromatic N) is 6. The Labute approximate surface area is 252 Å². The van der Waals surface area contributed by atoms with Crippen molar-refractivity contribution in [2.24, 2.45) is 5.73 Å². The number of carbonyl (C=O) groups excluding carboxylic acids is 1. The van der Waals surface area contributed by atoms with Crippen LogP contribution in [0.25, 0.3) is 5.65 Å². The highest BCUT2D eigenvalue weighted by molar-refractivity contribution is 7.89. The Bertz CT molecular complexity index is 1860. The molecule has 0 spiro atoms. The van der Waals surface area contributed by atoms with Gasteiger partial charge < -0.3 is 10.6 Å². The van der Waals surface area contributed by atoms with Crippen LogP contribution in [0.2, 0.25) is 0 Å². The van der Waals surface area contributed by atoms with Gasteiger partial charge in [0.15, 0.2) is 5.65 Å². The maximum absolute atomic E-state index is 14.0. The molecule has 4 aromatic rings. The van der Waals surface area contributed by atoms with Crippen molar-refractivity contribution in [2.45, 2.75) is 69.1 Å². The Morgan fingerprint density at radius 1 is 1.14 bits per heavy atom. The van der Waals surface area contributed by atoms with Gasteiger partial charge in [-0.15, -0.1) is 10.2 Å². The van der Waals surface area contributed by atoms with Gasteiger partial charge in [0, 0.05) is 50.4 Å². The molecule has 3 aromatic heterocycles. The highest BCUT2D eigenvalue weighted by Gasteiger charge is 2.40. The number of aromatic nitrogens is 4. The molecule has 0 bridgehead atoms. The molecule has 2 N–H and O–H groups in total. The lowest BCUT2D eigenvalue weighted by molar-refractivity contribution is -0.145. The predicted molar refractivity (Wildman–Crippen MR) is 156 cm³/mol. The molecule has 2 aliphatic rings. The van der Waals surface area contributed by atoms with Crippen LogP contribution >= 0.6 is 0 Å². The molecule has 0 aliphatic carbocycles. The van der Waals surface area contributed by atoms with E-state index in [9.17, 15) is 26.4 Å². The van der Waals surface area contributed by atoms with E-state index < -0.39 is 33.8 Å². The van der Waals surface area contributed by atoms with Gasteiger partial charge in [-0.05, 0) is 79.1 Å². The van der Waals surface area contributed by atoms with Gasteiger partial charge in [0.2, 0.25) is 21.8 Å². The van der Waals surface area contributed by atoms with E-state index in [0.717, 1.165) is 41.3 Å². The van der Waals surface area contributed by atoms with Crippen LogP contribution in [-0.2, 0) is 27.5 Å². The van der Waals surface area contributed by atoms with Gasteiger partial charge in [0.1, 0.15) is 10.7 Å². The second-order valence-corrected chi connectivity index (χ2v) is 13.4. The first-order chi connectivity index (χ1) is 20.9. The number of nitrogens with two attached hydrogens (primary N) is 1. The van der Waals surface area contributed by atoms with Crippen LogP contribution in [0.3, 0.4) is 0 Å². The molecule has 44 heavy (non-hydrogen) atoms. The summed E-state index contributed by atoms with van der Waals surface area (Å²) in [5.74, 6) is -1.86. The number of piperidine rings is 1. The minimum absolute atomic E-state index is 0.0140. The molecule has 5 heterocycles. The minimum Gasteiger partial charge on any atom is -0.370 e. The fourth-order valence-corrected chi connectivity index (χ4v) is 8.04. The van der Waals surface area contributed by atoms with Crippen LogP contribution in [-0.4, -0.2) is 57.3 Å². The second-order valence-electron chi connectivity index (χ2n) is 11.5. The van der Waals surface area contributed by atoms with Crippen molar-refractivity contribution in [3.63, 3.8) is 0 Å². The molecule has 0 radical (unpaired) electrons. The highest BCUT2D eigenvalue weighted by atomic mass is 32.2. The van der Waals surface area contributed by atoms with Crippen LogP contribution in [0.1, 0.15) is 65.2 Å². The number of carbonyl (C=O) groups is 1. The van der Waals surface area contributed by atoms with Gasteiger partial charge in [0.25, 0.3) is 0 Å². The molecule has 14 heteroatoms. The Balaban J connectivity index is 1.40. The summed E-state index contributed by atoms with van der Waals surface area (Å²) in [6, 6.07) is 10.3. The third kappa shape index (κ3) is 5.30. The van der Waals surface area contributed by atoms with Crippen LogP contribution in [0, 0.1) is 13.8 Å².